The van der Waals surface area contributed by atoms with Crippen molar-refractivity contribution in [3.05, 3.63) is 41.2 Å². The fourth-order valence-electron chi connectivity index (χ4n) is 3.94. The summed E-state index contributed by atoms with van der Waals surface area (Å²) < 4.78 is 12.4. The van der Waals surface area contributed by atoms with Crippen LogP contribution in [0.3, 0.4) is 0 Å². The number of anilines is 1. The van der Waals surface area contributed by atoms with Crippen LogP contribution in [0.5, 0.6) is 5.88 Å². The van der Waals surface area contributed by atoms with Crippen LogP contribution in [0, 0.1) is 0 Å². The van der Waals surface area contributed by atoms with Gasteiger partial charge in [-0.3, -0.25) is 4.79 Å². The molecule has 1 saturated heterocycles. The van der Waals surface area contributed by atoms with Gasteiger partial charge >= 0.3 is 0 Å². The Labute approximate surface area is 167 Å². The van der Waals surface area contributed by atoms with Gasteiger partial charge in [-0.15, -0.1) is 0 Å². The number of carbonyl (C=O) groups excluding carboxylic acids is 1. The molecule has 0 unspecified atom stereocenters. The van der Waals surface area contributed by atoms with E-state index in [0.717, 1.165) is 35.2 Å². The zero-order chi connectivity index (χ0) is 20.0. The number of ether oxygens (including phenoxy) is 2. The van der Waals surface area contributed by atoms with Crippen molar-refractivity contribution in [3.8, 4) is 5.88 Å². The highest BCUT2D eigenvalue weighted by molar-refractivity contribution is 5.99. The van der Waals surface area contributed by atoms with E-state index in [4.69, 9.17) is 14.5 Å². The number of amides is 1. The number of fused-ring (bicyclic) bond motifs is 2. The summed E-state index contributed by atoms with van der Waals surface area (Å²) in [5.74, 6) is 1.35. The predicted molar refractivity (Wildman–Crippen MR) is 106 cm³/mol. The van der Waals surface area contributed by atoms with E-state index in [1.165, 1.54) is 0 Å². The Balaban J connectivity index is 1.37. The fraction of sp³-hybridized carbons (Fsp3) is 0.400. The second-order valence-electron chi connectivity index (χ2n) is 7.27. The van der Waals surface area contributed by atoms with Crippen LogP contribution in [0.2, 0.25) is 0 Å². The van der Waals surface area contributed by atoms with Crippen LogP contribution in [-0.2, 0) is 24.9 Å². The lowest BCUT2D eigenvalue weighted by atomic mass is 10.1. The number of nitrogens with zero attached hydrogens (tertiary/aromatic N) is 6. The van der Waals surface area contributed by atoms with E-state index in [1.807, 2.05) is 31.4 Å². The van der Waals surface area contributed by atoms with Crippen LogP contribution in [-0.4, -0.2) is 64.0 Å². The highest BCUT2D eigenvalue weighted by atomic mass is 16.5. The lowest BCUT2D eigenvalue weighted by Gasteiger charge is -2.26. The van der Waals surface area contributed by atoms with Crippen molar-refractivity contribution < 1.29 is 14.3 Å². The molecule has 1 aromatic carbocycles. The van der Waals surface area contributed by atoms with Gasteiger partial charge in [0.05, 0.1) is 43.5 Å². The van der Waals surface area contributed by atoms with Gasteiger partial charge in [-0.25, -0.2) is 14.6 Å². The zero-order valence-corrected chi connectivity index (χ0v) is 16.5. The summed E-state index contributed by atoms with van der Waals surface area (Å²) >= 11 is 0. The highest BCUT2D eigenvalue weighted by Gasteiger charge is 2.27. The Kier molecular flexibility index (Phi) is 4.31. The Hall–Kier alpha value is -3.20. The minimum Gasteiger partial charge on any atom is -0.481 e. The van der Waals surface area contributed by atoms with Crippen LogP contribution in [0.4, 0.5) is 5.95 Å². The third kappa shape index (κ3) is 3.07. The predicted octanol–water partition coefficient (Wildman–Crippen LogP) is 1.36. The van der Waals surface area contributed by atoms with Gasteiger partial charge in [0.25, 0.3) is 5.91 Å². The summed E-state index contributed by atoms with van der Waals surface area (Å²) in [7, 11) is 3.44. The third-order valence-corrected chi connectivity index (χ3v) is 5.44. The maximum absolute atomic E-state index is 13.1. The number of benzene rings is 1. The van der Waals surface area contributed by atoms with Crippen molar-refractivity contribution in [2.75, 3.05) is 38.3 Å². The number of hydrogen-bond donors (Lipinski definition) is 0. The molecule has 1 amide bonds. The molecule has 2 aromatic heterocycles. The smallest absolute Gasteiger partial charge is 0.254 e. The summed E-state index contributed by atoms with van der Waals surface area (Å²) in [5.41, 5.74) is 3.25. The van der Waals surface area contributed by atoms with Gasteiger partial charge in [0, 0.05) is 44.0 Å². The van der Waals surface area contributed by atoms with E-state index < -0.39 is 0 Å². The number of aromatic nitrogens is 4. The second kappa shape index (κ2) is 7.00. The molecule has 0 atom stereocenters. The Morgan fingerprint density at radius 2 is 2.03 bits per heavy atom. The van der Waals surface area contributed by atoms with Crippen molar-refractivity contribution in [2.45, 2.75) is 13.1 Å². The molecule has 9 nitrogen and oxygen atoms in total. The standard InChI is InChI=1S/C20H22N6O3/c1-24-19(28-2)15-4-3-13(9-16(15)23-24)18(27)26-11-14-10-21-20(22-17(14)12-26)25-5-7-29-8-6-25/h3-4,9-10H,5-8,11-12H2,1-2H3. The van der Waals surface area contributed by atoms with Gasteiger partial charge in [0.1, 0.15) is 0 Å². The topological polar surface area (TPSA) is 85.6 Å². The molecule has 0 radical (unpaired) electrons. The normalized spacial score (nSPS) is 16.3. The molecular weight excluding hydrogens is 372 g/mol. The first-order valence-corrected chi connectivity index (χ1v) is 9.61. The maximum Gasteiger partial charge on any atom is 0.254 e. The summed E-state index contributed by atoms with van der Waals surface area (Å²) in [4.78, 5) is 26.2. The molecule has 29 heavy (non-hydrogen) atoms. The molecule has 0 bridgehead atoms. The van der Waals surface area contributed by atoms with Gasteiger partial charge < -0.3 is 19.3 Å². The summed E-state index contributed by atoms with van der Waals surface area (Å²) in [6.45, 7) is 3.94. The quantitative estimate of drug-likeness (QED) is 0.663. The molecule has 9 heteroatoms. The Morgan fingerprint density at radius 1 is 1.21 bits per heavy atom. The number of morpholine rings is 1. The highest BCUT2D eigenvalue weighted by Crippen LogP contribution is 2.28. The number of carbonyl (C=O) groups is 1. The third-order valence-electron chi connectivity index (χ3n) is 5.44. The average Bonchev–Trinajstić information content (AvgIpc) is 3.32. The molecule has 0 saturated carbocycles. The van der Waals surface area contributed by atoms with Crippen molar-refractivity contribution in [2.24, 2.45) is 7.05 Å². The Morgan fingerprint density at radius 3 is 2.83 bits per heavy atom. The molecular formula is C20H22N6O3. The number of aryl methyl sites for hydroxylation is 1. The van der Waals surface area contributed by atoms with E-state index >= 15 is 0 Å². The van der Waals surface area contributed by atoms with Crippen molar-refractivity contribution >= 4 is 22.8 Å². The van der Waals surface area contributed by atoms with Crippen molar-refractivity contribution in [1.29, 1.82) is 0 Å². The lowest BCUT2D eigenvalue weighted by molar-refractivity contribution is 0.0750. The summed E-state index contributed by atoms with van der Waals surface area (Å²) in [6.07, 6.45) is 1.84. The summed E-state index contributed by atoms with van der Waals surface area (Å²) in [6, 6.07) is 5.52. The zero-order valence-electron chi connectivity index (χ0n) is 16.5. The van der Waals surface area contributed by atoms with E-state index in [-0.39, 0.29) is 5.91 Å². The average molecular weight is 394 g/mol. The second-order valence-corrected chi connectivity index (χ2v) is 7.27. The van der Waals surface area contributed by atoms with Crippen LogP contribution >= 0.6 is 0 Å². The number of rotatable bonds is 3. The van der Waals surface area contributed by atoms with Gasteiger partial charge in [0.15, 0.2) is 0 Å². The van der Waals surface area contributed by atoms with Gasteiger partial charge in [-0.05, 0) is 18.2 Å². The molecule has 150 valence electrons. The number of methoxy groups -OCH3 is 1. The van der Waals surface area contributed by atoms with Gasteiger partial charge in [0.2, 0.25) is 11.8 Å². The van der Waals surface area contributed by atoms with Crippen LogP contribution in [0.1, 0.15) is 21.6 Å². The molecule has 3 aromatic rings. The minimum atomic E-state index is -0.0394. The van der Waals surface area contributed by atoms with E-state index in [0.29, 0.717) is 43.7 Å². The van der Waals surface area contributed by atoms with E-state index in [2.05, 4.69) is 15.0 Å². The first-order valence-electron chi connectivity index (χ1n) is 9.61. The van der Waals surface area contributed by atoms with E-state index in [1.54, 1.807) is 16.7 Å². The molecule has 0 spiro atoms. The molecule has 1 fully saturated rings. The fourth-order valence-corrected chi connectivity index (χ4v) is 3.94. The van der Waals surface area contributed by atoms with Crippen LogP contribution in [0.15, 0.2) is 24.4 Å². The first kappa shape index (κ1) is 17.9. The number of hydrogen-bond acceptors (Lipinski definition) is 7. The van der Waals surface area contributed by atoms with Gasteiger partial charge in [-0.2, -0.15) is 5.10 Å². The minimum absolute atomic E-state index is 0.0394. The molecule has 5 rings (SSSR count). The van der Waals surface area contributed by atoms with Gasteiger partial charge in [-0.1, -0.05) is 0 Å². The van der Waals surface area contributed by atoms with E-state index in [9.17, 15) is 4.79 Å². The lowest BCUT2D eigenvalue weighted by Crippen LogP contribution is -2.37. The molecule has 2 aliphatic rings. The monoisotopic (exact) mass is 394 g/mol. The maximum atomic E-state index is 13.1. The molecule has 4 heterocycles. The van der Waals surface area contributed by atoms with Crippen LogP contribution < -0.4 is 9.64 Å². The Bertz CT molecular complexity index is 1090. The first-order chi connectivity index (χ1) is 14.1. The molecule has 2 aliphatic heterocycles. The summed E-state index contributed by atoms with van der Waals surface area (Å²) in [5, 5.41) is 5.33. The molecule has 0 N–H and O–H groups in total. The SMILES string of the molecule is COc1c2ccc(C(=O)N3Cc4cnc(N5CCOCC5)nc4C3)cc2nn1C. The van der Waals surface area contributed by atoms with Crippen LogP contribution in [0.25, 0.3) is 10.9 Å². The molecule has 0 aliphatic carbocycles. The van der Waals surface area contributed by atoms with Crippen molar-refractivity contribution in [3.63, 3.8) is 0 Å². The van der Waals surface area contributed by atoms with Crippen molar-refractivity contribution in [1.82, 2.24) is 24.6 Å². The largest absolute Gasteiger partial charge is 0.481 e.